The minimum atomic E-state index is 0.523. The topological polar surface area (TPSA) is 42.9 Å². The van der Waals surface area contributed by atoms with Crippen LogP contribution in [0.4, 0.5) is 0 Å². The SMILES string of the molecule is CN=C(NCCC(C)N(C)Cc1ccccc1)NCC1CCN(C)CC1. The van der Waals surface area contributed by atoms with Crippen LogP contribution in [0.1, 0.15) is 31.7 Å². The van der Waals surface area contributed by atoms with Gasteiger partial charge in [0.15, 0.2) is 5.96 Å². The Labute approximate surface area is 159 Å². The molecule has 0 spiro atoms. The van der Waals surface area contributed by atoms with Crippen LogP contribution in [0.5, 0.6) is 0 Å². The summed E-state index contributed by atoms with van der Waals surface area (Å²) in [5.74, 6) is 1.70. The molecule has 1 unspecified atom stereocenters. The predicted molar refractivity (Wildman–Crippen MR) is 112 cm³/mol. The Morgan fingerprint density at radius 3 is 2.58 bits per heavy atom. The van der Waals surface area contributed by atoms with Crippen LogP contribution in [0.2, 0.25) is 0 Å². The molecule has 0 radical (unpaired) electrons. The molecular weight excluding hydrogens is 322 g/mol. The summed E-state index contributed by atoms with van der Waals surface area (Å²) in [5.41, 5.74) is 1.37. The predicted octanol–water partition coefficient (Wildman–Crippen LogP) is 2.40. The van der Waals surface area contributed by atoms with E-state index in [4.69, 9.17) is 0 Å². The minimum absolute atomic E-state index is 0.523. The molecule has 146 valence electrons. The van der Waals surface area contributed by atoms with E-state index in [9.17, 15) is 0 Å². The summed E-state index contributed by atoms with van der Waals surface area (Å²) >= 11 is 0. The third-order valence-electron chi connectivity index (χ3n) is 5.50. The average Bonchev–Trinajstić information content (AvgIpc) is 2.66. The van der Waals surface area contributed by atoms with Crippen molar-refractivity contribution in [1.82, 2.24) is 20.4 Å². The molecule has 1 aromatic carbocycles. The third kappa shape index (κ3) is 7.34. The quantitative estimate of drug-likeness (QED) is 0.553. The second-order valence-electron chi connectivity index (χ2n) is 7.66. The van der Waals surface area contributed by atoms with Crippen LogP contribution in [-0.4, -0.2) is 69.1 Å². The van der Waals surface area contributed by atoms with Crippen LogP contribution >= 0.6 is 0 Å². The van der Waals surface area contributed by atoms with E-state index in [0.717, 1.165) is 37.9 Å². The first-order valence-electron chi connectivity index (χ1n) is 9.95. The number of nitrogens with zero attached hydrogens (tertiary/aromatic N) is 3. The highest BCUT2D eigenvalue weighted by Crippen LogP contribution is 2.14. The number of rotatable bonds is 8. The highest BCUT2D eigenvalue weighted by atomic mass is 15.2. The second kappa shape index (κ2) is 11.2. The van der Waals surface area contributed by atoms with E-state index in [0.29, 0.717) is 6.04 Å². The van der Waals surface area contributed by atoms with Gasteiger partial charge >= 0.3 is 0 Å². The van der Waals surface area contributed by atoms with Gasteiger partial charge in [0, 0.05) is 32.7 Å². The largest absolute Gasteiger partial charge is 0.356 e. The van der Waals surface area contributed by atoms with E-state index in [2.05, 4.69) is 76.8 Å². The fraction of sp³-hybridized carbons (Fsp3) is 0.667. The zero-order valence-corrected chi connectivity index (χ0v) is 17.0. The Morgan fingerprint density at radius 1 is 1.23 bits per heavy atom. The van der Waals surface area contributed by atoms with Gasteiger partial charge in [-0.25, -0.2) is 0 Å². The number of likely N-dealkylation sites (tertiary alicyclic amines) is 1. The maximum Gasteiger partial charge on any atom is 0.190 e. The van der Waals surface area contributed by atoms with Crippen molar-refractivity contribution in [1.29, 1.82) is 0 Å². The monoisotopic (exact) mass is 359 g/mol. The van der Waals surface area contributed by atoms with E-state index < -0.39 is 0 Å². The Morgan fingerprint density at radius 2 is 1.92 bits per heavy atom. The molecular formula is C21H37N5. The number of hydrogen-bond donors (Lipinski definition) is 2. The van der Waals surface area contributed by atoms with E-state index in [1.54, 1.807) is 0 Å². The molecule has 1 aliphatic rings. The summed E-state index contributed by atoms with van der Waals surface area (Å²) in [6.45, 7) is 7.67. The fourth-order valence-corrected chi connectivity index (χ4v) is 3.37. The zero-order chi connectivity index (χ0) is 18.8. The highest BCUT2D eigenvalue weighted by Gasteiger charge is 2.16. The summed E-state index contributed by atoms with van der Waals surface area (Å²) in [6.07, 6.45) is 3.65. The van der Waals surface area contributed by atoms with Crippen molar-refractivity contribution in [2.75, 3.05) is 47.3 Å². The molecule has 1 atom stereocenters. The number of hydrogen-bond acceptors (Lipinski definition) is 3. The normalized spacial score (nSPS) is 18.1. The van der Waals surface area contributed by atoms with Crippen LogP contribution in [-0.2, 0) is 6.54 Å². The fourth-order valence-electron chi connectivity index (χ4n) is 3.37. The van der Waals surface area contributed by atoms with Crippen LogP contribution in [0.15, 0.2) is 35.3 Å². The summed E-state index contributed by atoms with van der Waals surface area (Å²) in [5, 5.41) is 6.97. The molecule has 26 heavy (non-hydrogen) atoms. The second-order valence-corrected chi connectivity index (χ2v) is 7.66. The van der Waals surface area contributed by atoms with Crippen molar-refractivity contribution in [2.45, 2.75) is 38.8 Å². The van der Waals surface area contributed by atoms with Gasteiger partial charge < -0.3 is 15.5 Å². The van der Waals surface area contributed by atoms with Gasteiger partial charge in [0.2, 0.25) is 0 Å². The third-order valence-corrected chi connectivity index (χ3v) is 5.50. The van der Waals surface area contributed by atoms with Gasteiger partial charge in [-0.2, -0.15) is 0 Å². The van der Waals surface area contributed by atoms with Gasteiger partial charge in [0.1, 0.15) is 0 Å². The summed E-state index contributed by atoms with van der Waals surface area (Å²) < 4.78 is 0. The first kappa shape index (κ1) is 20.7. The lowest BCUT2D eigenvalue weighted by atomic mass is 9.97. The summed E-state index contributed by atoms with van der Waals surface area (Å²) in [6, 6.07) is 11.2. The van der Waals surface area contributed by atoms with Gasteiger partial charge in [-0.05, 0) is 64.9 Å². The number of aliphatic imine (C=N–C) groups is 1. The van der Waals surface area contributed by atoms with Crippen molar-refractivity contribution in [3.63, 3.8) is 0 Å². The molecule has 2 N–H and O–H groups in total. The van der Waals surface area contributed by atoms with E-state index >= 15 is 0 Å². The molecule has 1 aliphatic heterocycles. The molecule has 2 rings (SSSR count). The van der Waals surface area contributed by atoms with Crippen LogP contribution in [0.25, 0.3) is 0 Å². The minimum Gasteiger partial charge on any atom is -0.356 e. The summed E-state index contributed by atoms with van der Waals surface area (Å²) in [7, 11) is 6.26. The molecule has 1 fully saturated rings. The molecule has 0 amide bonds. The molecule has 0 bridgehead atoms. The van der Waals surface area contributed by atoms with Crippen molar-refractivity contribution in [3.05, 3.63) is 35.9 Å². The van der Waals surface area contributed by atoms with E-state index in [-0.39, 0.29) is 0 Å². The molecule has 5 nitrogen and oxygen atoms in total. The number of nitrogens with one attached hydrogen (secondary N) is 2. The first-order valence-corrected chi connectivity index (χ1v) is 9.95. The van der Waals surface area contributed by atoms with Crippen LogP contribution in [0.3, 0.4) is 0 Å². The molecule has 5 heteroatoms. The molecule has 0 aliphatic carbocycles. The van der Waals surface area contributed by atoms with Crippen molar-refractivity contribution in [3.8, 4) is 0 Å². The lowest BCUT2D eigenvalue weighted by Crippen LogP contribution is -2.43. The van der Waals surface area contributed by atoms with E-state index in [1.807, 2.05) is 7.05 Å². The summed E-state index contributed by atoms with van der Waals surface area (Å²) in [4.78, 5) is 9.19. The average molecular weight is 360 g/mol. The lowest BCUT2D eigenvalue weighted by molar-refractivity contribution is 0.220. The van der Waals surface area contributed by atoms with Crippen LogP contribution < -0.4 is 10.6 Å². The Bertz CT molecular complexity index is 522. The van der Waals surface area contributed by atoms with Gasteiger partial charge in [-0.3, -0.25) is 9.89 Å². The Kier molecular flexibility index (Phi) is 8.92. The molecule has 0 aromatic heterocycles. The number of benzene rings is 1. The zero-order valence-electron chi connectivity index (χ0n) is 17.0. The highest BCUT2D eigenvalue weighted by molar-refractivity contribution is 5.79. The molecule has 1 saturated heterocycles. The standard InChI is InChI=1S/C21H37N5/c1-18(26(4)17-20-8-6-5-7-9-20)10-13-23-21(22-2)24-16-19-11-14-25(3)15-12-19/h5-9,18-19H,10-17H2,1-4H3,(H2,22,23,24). The van der Waals surface area contributed by atoms with Crippen molar-refractivity contribution < 1.29 is 0 Å². The van der Waals surface area contributed by atoms with Crippen molar-refractivity contribution in [2.24, 2.45) is 10.9 Å². The lowest BCUT2D eigenvalue weighted by Gasteiger charge is -2.29. The van der Waals surface area contributed by atoms with Crippen molar-refractivity contribution >= 4 is 5.96 Å². The maximum absolute atomic E-state index is 4.37. The van der Waals surface area contributed by atoms with Gasteiger partial charge in [0.25, 0.3) is 0 Å². The molecule has 1 aromatic rings. The van der Waals surface area contributed by atoms with Gasteiger partial charge in [-0.1, -0.05) is 30.3 Å². The Hall–Kier alpha value is -1.59. The van der Waals surface area contributed by atoms with Gasteiger partial charge in [0.05, 0.1) is 0 Å². The first-order chi connectivity index (χ1) is 12.6. The van der Waals surface area contributed by atoms with Crippen LogP contribution in [0, 0.1) is 5.92 Å². The molecule has 1 heterocycles. The smallest absolute Gasteiger partial charge is 0.190 e. The maximum atomic E-state index is 4.37. The van der Waals surface area contributed by atoms with Gasteiger partial charge in [-0.15, -0.1) is 0 Å². The van der Waals surface area contributed by atoms with E-state index in [1.165, 1.54) is 31.5 Å². The number of guanidine groups is 1. The Balaban J connectivity index is 1.63. The number of piperidine rings is 1. The molecule has 0 saturated carbocycles.